The minimum absolute atomic E-state index is 0.505. The average molecular weight is 338 g/mol. The maximum Gasteiger partial charge on any atom is 0.129 e. The molecule has 0 fully saturated rings. The zero-order valence-electron chi connectivity index (χ0n) is 11.5. The second-order valence-corrected chi connectivity index (χ2v) is 6.87. The fourth-order valence-corrected chi connectivity index (χ4v) is 3.36. The van der Waals surface area contributed by atoms with Crippen molar-refractivity contribution >= 4 is 40.4 Å². The molecule has 3 rings (SSSR count). The summed E-state index contributed by atoms with van der Waals surface area (Å²) in [4.78, 5) is 2.31. The summed E-state index contributed by atoms with van der Waals surface area (Å²) in [5.41, 5.74) is 8.86. The van der Waals surface area contributed by atoms with Crippen molar-refractivity contribution in [3.05, 3.63) is 45.3 Å². The van der Waals surface area contributed by atoms with Crippen LogP contribution >= 0.6 is 34.5 Å². The Labute approximate surface area is 136 Å². The van der Waals surface area contributed by atoms with E-state index in [2.05, 4.69) is 24.2 Å². The van der Waals surface area contributed by atoms with Gasteiger partial charge in [-0.25, -0.2) is 0 Å². The van der Waals surface area contributed by atoms with E-state index in [1.807, 2.05) is 19.2 Å². The van der Waals surface area contributed by atoms with Gasteiger partial charge in [-0.2, -0.15) is 5.10 Å². The summed E-state index contributed by atoms with van der Waals surface area (Å²) in [6, 6.07) is 9.63. The number of anilines is 1. The molecular weight excluding hydrogens is 325 g/mol. The molecule has 0 saturated heterocycles. The Balaban J connectivity index is 2.24. The Morgan fingerprint density at radius 1 is 1.14 bits per heavy atom. The van der Waals surface area contributed by atoms with Crippen LogP contribution in [0.25, 0.3) is 21.7 Å². The van der Waals surface area contributed by atoms with E-state index in [0.717, 1.165) is 21.7 Å². The minimum atomic E-state index is 0.505. The van der Waals surface area contributed by atoms with Crippen LogP contribution in [-0.4, -0.2) is 9.78 Å². The maximum absolute atomic E-state index is 6.20. The lowest BCUT2D eigenvalue weighted by Crippen LogP contribution is -1.97. The summed E-state index contributed by atoms with van der Waals surface area (Å²) in [6.07, 6.45) is 0. The standard InChI is InChI=1S/C15H13Cl2N3S/c1-8-3-6-12(21-8)14-13(15(18)20(2)19-14)9-4-5-10(16)11(17)7-9/h3-7H,18H2,1-2H3. The lowest BCUT2D eigenvalue weighted by atomic mass is 10.0. The number of aryl methyl sites for hydroxylation is 2. The van der Waals surface area contributed by atoms with Crippen LogP contribution in [0.2, 0.25) is 10.0 Å². The number of benzene rings is 1. The molecule has 0 saturated carbocycles. The van der Waals surface area contributed by atoms with E-state index in [0.29, 0.717) is 15.9 Å². The second-order valence-electron chi connectivity index (χ2n) is 4.77. The van der Waals surface area contributed by atoms with Crippen molar-refractivity contribution in [2.45, 2.75) is 6.92 Å². The SMILES string of the molecule is Cc1ccc(-c2nn(C)c(N)c2-c2ccc(Cl)c(Cl)c2)s1. The Bertz CT molecular complexity index is 820. The maximum atomic E-state index is 6.20. The highest BCUT2D eigenvalue weighted by Gasteiger charge is 2.19. The van der Waals surface area contributed by atoms with Gasteiger partial charge in [0.2, 0.25) is 0 Å². The molecule has 108 valence electrons. The minimum Gasteiger partial charge on any atom is -0.383 e. The molecule has 3 nitrogen and oxygen atoms in total. The summed E-state index contributed by atoms with van der Waals surface area (Å²) in [5.74, 6) is 0.606. The third-order valence-corrected chi connectivity index (χ3v) is 5.02. The van der Waals surface area contributed by atoms with E-state index in [1.54, 1.807) is 22.1 Å². The Morgan fingerprint density at radius 2 is 1.90 bits per heavy atom. The summed E-state index contributed by atoms with van der Waals surface area (Å²) in [6.45, 7) is 2.07. The topological polar surface area (TPSA) is 43.8 Å². The number of nitrogens with two attached hydrogens (primary N) is 1. The second kappa shape index (κ2) is 5.37. The van der Waals surface area contributed by atoms with Crippen LogP contribution in [-0.2, 0) is 7.05 Å². The van der Waals surface area contributed by atoms with Crippen molar-refractivity contribution in [2.24, 2.45) is 7.05 Å². The number of thiophene rings is 1. The zero-order chi connectivity index (χ0) is 15.1. The predicted molar refractivity (Wildman–Crippen MR) is 91.1 cm³/mol. The fraction of sp³-hybridized carbons (Fsp3) is 0.133. The zero-order valence-corrected chi connectivity index (χ0v) is 13.9. The molecule has 0 aliphatic heterocycles. The molecule has 0 radical (unpaired) electrons. The Kier molecular flexibility index (Phi) is 3.69. The fourth-order valence-electron chi connectivity index (χ4n) is 2.21. The molecular formula is C15H13Cl2N3S. The molecule has 2 aromatic heterocycles. The smallest absolute Gasteiger partial charge is 0.129 e. The number of nitrogens with zero attached hydrogens (tertiary/aromatic N) is 2. The molecule has 1 aromatic carbocycles. The lowest BCUT2D eigenvalue weighted by Gasteiger charge is -2.05. The molecule has 0 atom stereocenters. The molecule has 0 bridgehead atoms. The van der Waals surface area contributed by atoms with Crippen molar-refractivity contribution in [1.29, 1.82) is 0 Å². The van der Waals surface area contributed by atoms with Gasteiger partial charge in [-0.05, 0) is 36.8 Å². The van der Waals surface area contributed by atoms with Crippen LogP contribution in [0.1, 0.15) is 4.88 Å². The van der Waals surface area contributed by atoms with Crippen molar-refractivity contribution in [1.82, 2.24) is 9.78 Å². The molecule has 3 aromatic rings. The highest BCUT2D eigenvalue weighted by atomic mass is 35.5. The van der Waals surface area contributed by atoms with Gasteiger partial charge in [-0.15, -0.1) is 11.3 Å². The van der Waals surface area contributed by atoms with E-state index in [1.165, 1.54) is 4.88 Å². The highest BCUT2D eigenvalue weighted by molar-refractivity contribution is 7.15. The van der Waals surface area contributed by atoms with Gasteiger partial charge in [0.15, 0.2) is 0 Å². The number of aromatic nitrogens is 2. The Hall–Kier alpha value is -1.49. The van der Waals surface area contributed by atoms with Crippen LogP contribution in [0.3, 0.4) is 0 Å². The molecule has 2 N–H and O–H groups in total. The summed E-state index contributed by atoms with van der Waals surface area (Å²) in [5, 5.41) is 5.58. The first kappa shape index (κ1) is 14.4. The third-order valence-electron chi connectivity index (χ3n) is 3.27. The van der Waals surface area contributed by atoms with E-state index in [9.17, 15) is 0 Å². The monoisotopic (exact) mass is 337 g/mol. The van der Waals surface area contributed by atoms with Gasteiger partial charge < -0.3 is 5.73 Å². The number of hydrogen-bond donors (Lipinski definition) is 1. The molecule has 2 heterocycles. The van der Waals surface area contributed by atoms with Crippen LogP contribution in [0.4, 0.5) is 5.82 Å². The summed E-state index contributed by atoms with van der Waals surface area (Å²) < 4.78 is 1.68. The summed E-state index contributed by atoms with van der Waals surface area (Å²) in [7, 11) is 1.83. The van der Waals surface area contributed by atoms with Crippen LogP contribution in [0.15, 0.2) is 30.3 Å². The first-order valence-electron chi connectivity index (χ1n) is 6.32. The van der Waals surface area contributed by atoms with E-state index < -0.39 is 0 Å². The molecule has 0 unspecified atom stereocenters. The van der Waals surface area contributed by atoms with E-state index >= 15 is 0 Å². The first-order chi connectivity index (χ1) is 9.97. The molecule has 0 aliphatic rings. The van der Waals surface area contributed by atoms with Gasteiger partial charge in [0.25, 0.3) is 0 Å². The largest absolute Gasteiger partial charge is 0.383 e. The molecule has 0 amide bonds. The molecule has 0 spiro atoms. The quantitative estimate of drug-likeness (QED) is 0.713. The van der Waals surface area contributed by atoms with Crippen LogP contribution in [0, 0.1) is 6.92 Å². The normalized spacial score (nSPS) is 11.0. The lowest BCUT2D eigenvalue weighted by molar-refractivity contribution is 0.783. The van der Waals surface area contributed by atoms with Crippen molar-refractivity contribution in [3.8, 4) is 21.7 Å². The van der Waals surface area contributed by atoms with Gasteiger partial charge in [-0.3, -0.25) is 4.68 Å². The number of hydrogen-bond acceptors (Lipinski definition) is 3. The molecule has 6 heteroatoms. The number of halogens is 2. The predicted octanol–water partition coefficient (Wildman–Crippen LogP) is 5.01. The van der Waals surface area contributed by atoms with Gasteiger partial charge in [0.1, 0.15) is 11.5 Å². The van der Waals surface area contributed by atoms with Crippen LogP contribution in [0.5, 0.6) is 0 Å². The first-order valence-corrected chi connectivity index (χ1v) is 7.89. The van der Waals surface area contributed by atoms with Crippen molar-refractivity contribution in [3.63, 3.8) is 0 Å². The number of rotatable bonds is 2. The van der Waals surface area contributed by atoms with Crippen molar-refractivity contribution in [2.75, 3.05) is 5.73 Å². The van der Waals surface area contributed by atoms with Gasteiger partial charge in [0.05, 0.1) is 20.5 Å². The highest BCUT2D eigenvalue weighted by Crippen LogP contribution is 2.40. The molecule has 21 heavy (non-hydrogen) atoms. The summed E-state index contributed by atoms with van der Waals surface area (Å²) >= 11 is 13.8. The van der Waals surface area contributed by atoms with Crippen LogP contribution < -0.4 is 5.73 Å². The van der Waals surface area contributed by atoms with E-state index in [-0.39, 0.29) is 0 Å². The number of nitrogen functional groups attached to an aromatic ring is 1. The molecule has 0 aliphatic carbocycles. The van der Waals surface area contributed by atoms with Gasteiger partial charge in [0, 0.05) is 11.9 Å². The average Bonchev–Trinajstić information content (AvgIpc) is 2.99. The third kappa shape index (κ3) is 2.55. The van der Waals surface area contributed by atoms with Gasteiger partial charge >= 0.3 is 0 Å². The Morgan fingerprint density at radius 3 is 2.52 bits per heavy atom. The van der Waals surface area contributed by atoms with Crippen molar-refractivity contribution < 1.29 is 0 Å². The van der Waals surface area contributed by atoms with E-state index in [4.69, 9.17) is 28.9 Å². The van der Waals surface area contributed by atoms with Gasteiger partial charge in [-0.1, -0.05) is 29.3 Å².